The molecule has 0 saturated carbocycles. The van der Waals surface area contributed by atoms with Gasteiger partial charge in [-0.1, -0.05) is 165 Å². The summed E-state index contributed by atoms with van der Waals surface area (Å²) in [6.45, 7) is 4.81. The predicted octanol–water partition coefficient (Wildman–Crippen LogP) is 13.3. The molecule has 0 aromatic heterocycles. The third-order valence-electron chi connectivity index (χ3n) is 10.1. The van der Waals surface area contributed by atoms with Gasteiger partial charge in [0.2, 0.25) is 5.91 Å². The number of allylic oxidation sites excluding steroid dienone is 9. The number of nitrogens with two attached hydrogens (primary N) is 1. The number of carbonyl (C=O) groups excluding carboxylic acids is 2. The molecule has 0 spiro atoms. The number of carbonyl (C=O) groups is 3. The molecule has 1 amide bonds. The molecule has 7 nitrogen and oxygen atoms in total. The molecule has 0 aliphatic rings. The van der Waals surface area contributed by atoms with Crippen LogP contribution in [0.25, 0.3) is 0 Å². The first-order chi connectivity index (χ1) is 27.4. The van der Waals surface area contributed by atoms with Crippen molar-refractivity contribution in [2.45, 2.75) is 225 Å². The summed E-state index contributed by atoms with van der Waals surface area (Å²) in [5.74, 6) is -1.42. The molecule has 0 bridgehead atoms. The van der Waals surface area contributed by atoms with Gasteiger partial charge in [-0.3, -0.25) is 9.59 Å². The second-order valence-corrected chi connectivity index (χ2v) is 15.4. The summed E-state index contributed by atoms with van der Waals surface area (Å²) in [6, 6.07) is -0.894. The third kappa shape index (κ3) is 39.3. The van der Waals surface area contributed by atoms with Crippen LogP contribution in [0.1, 0.15) is 213 Å². The number of rotatable bonds is 41. The van der Waals surface area contributed by atoms with Crippen molar-refractivity contribution in [1.82, 2.24) is 5.32 Å². The van der Waals surface area contributed by atoms with Gasteiger partial charge in [0.1, 0.15) is 12.1 Å². The molecule has 7 heteroatoms. The molecule has 0 rings (SSSR count). The Kier molecular flexibility index (Phi) is 40.9. The van der Waals surface area contributed by atoms with Crippen molar-refractivity contribution in [3.05, 3.63) is 60.8 Å². The largest absolute Gasteiger partial charge is 0.480 e. The smallest absolute Gasteiger partial charge is 0.326 e. The van der Waals surface area contributed by atoms with Crippen molar-refractivity contribution in [3.63, 3.8) is 0 Å². The maximum absolute atomic E-state index is 12.8. The van der Waals surface area contributed by atoms with E-state index in [1.54, 1.807) is 0 Å². The van der Waals surface area contributed by atoms with Crippen LogP contribution >= 0.6 is 0 Å². The van der Waals surface area contributed by atoms with Crippen LogP contribution in [0.3, 0.4) is 0 Å². The van der Waals surface area contributed by atoms with Crippen molar-refractivity contribution in [2.75, 3.05) is 6.54 Å². The monoisotopic (exact) mass is 783 g/mol. The SMILES string of the molecule is CC/C=C\C/C=C\C/C=C\C/C=C\C(CCCCCC(=O)NC(CCCN)C(=O)O)OC(=O)CCCCCCCCCCC/C=C\CCCCCCCCCC. The first-order valence-corrected chi connectivity index (χ1v) is 23.1. The van der Waals surface area contributed by atoms with Gasteiger partial charge in [-0.2, -0.15) is 0 Å². The Labute approximate surface area is 344 Å². The fraction of sp³-hybridized carbons (Fsp3) is 0.735. The molecule has 322 valence electrons. The zero-order chi connectivity index (χ0) is 41.0. The lowest BCUT2D eigenvalue weighted by atomic mass is 10.1. The predicted molar refractivity (Wildman–Crippen MR) is 239 cm³/mol. The van der Waals surface area contributed by atoms with Gasteiger partial charge < -0.3 is 20.9 Å². The molecule has 4 N–H and O–H groups in total. The lowest BCUT2D eigenvalue weighted by molar-refractivity contribution is -0.147. The van der Waals surface area contributed by atoms with Crippen molar-refractivity contribution in [2.24, 2.45) is 5.73 Å². The quantitative estimate of drug-likeness (QED) is 0.0323. The zero-order valence-electron chi connectivity index (χ0n) is 36.2. The zero-order valence-corrected chi connectivity index (χ0v) is 36.2. The number of ether oxygens (including phenoxy) is 1. The number of carboxylic acid groups (broad SMARTS) is 1. The molecule has 0 heterocycles. The van der Waals surface area contributed by atoms with Crippen LogP contribution in [0, 0.1) is 0 Å². The molecule has 2 unspecified atom stereocenters. The average Bonchev–Trinajstić information content (AvgIpc) is 3.18. The lowest BCUT2D eigenvalue weighted by Crippen LogP contribution is -2.40. The highest BCUT2D eigenvalue weighted by molar-refractivity contribution is 5.83. The van der Waals surface area contributed by atoms with Crippen molar-refractivity contribution in [3.8, 4) is 0 Å². The molecule has 0 fully saturated rings. The molecular formula is C49H86N2O5. The number of hydrogen-bond donors (Lipinski definition) is 3. The average molecular weight is 783 g/mol. The molecule has 0 aliphatic heterocycles. The van der Waals surface area contributed by atoms with Crippen LogP contribution in [-0.2, 0) is 19.1 Å². The van der Waals surface area contributed by atoms with E-state index in [1.165, 1.54) is 109 Å². The summed E-state index contributed by atoms with van der Waals surface area (Å²) < 4.78 is 5.90. The standard InChI is InChI=1S/C49H86N2O5/c1-3-5-7-9-11-13-15-16-17-18-19-20-21-22-23-24-26-28-30-32-37-43-48(53)56-45(39-34-31-29-27-25-14-12-10-8-6-4-2)40-35-33-36-42-47(52)51-46(49(54)55)41-38-44-50/h6,8,12,14,18-19,27,29,34,39,45-46H,3-5,7,9-11,13,15-17,20-26,28,30-33,35-38,40-44,50H2,1-2H3,(H,51,52)(H,54,55)/b8-6-,14-12-,19-18-,29-27-,39-34-. The maximum Gasteiger partial charge on any atom is 0.326 e. The first-order valence-electron chi connectivity index (χ1n) is 23.1. The molecule has 2 atom stereocenters. The van der Waals surface area contributed by atoms with Gasteiger partial charge >= 0.3 is 11.9 Å². The minimum atomic E-state index is -1.03. The van der Waals surface area contributed by atoms with E-state index in [-0.39, 0.29) is 24.4 Å². The topological polar surface area (TPSA) is 119 Å². The van der Waals surface area contributed by atoms with Gasteiger partial charge in [0.05, 0.1) is 0 Å². The van der Waals surface area contributed by atoms with Crippen molar-refractivity contribution in [1.29, 1.82) is 0 Å². The van der Waals surface area contributed by atoms with Gasteiger partial charge in [-0.25, -0.2) is 4.79 Å². The minimum Gasteiger partial charge on any atom is -0.480 e. The number of unbranched alkanes of at least 4 members (excludes halogenated alkanes) is 19. The molecule has 0 saturated heterocycles. The first kappa shape index (κ1) is 53.1. The molecular weight excluding hydrogens is 697 g/mol. The van der Waals surface area contributed by atoms with Crippen LogP contribution in [-0.4, -0.2) is 41.6 Å². The Morgan fingerprint density at radius 2 is 1.04 bits per heavy atom. The van der Waals surface area contributed by atoms with Gasteiger partial charge in [0.25, 0.3) is 0 Å². The van der Waals surface area contributed by atoms with Crippen LogP contribution in [0.4, 0.5) is 0 Å². The van der Waals surface area contributed by atoms with E-state index in [1.807, 2.05) is 6.08 Å². The molecule has 0 aliphatic carbocycles. The van der Waals surface area contributed by atoms with Crippen molar-refractivity contribution < 1.29 is 24.2 Å². The van der Waals surface area contributed by atoms with E-state index in [2.05, 4.69) is 73.8 Å². The molecule has 0 aromatic carbocycles. The van der Waals surface area contributed by atoms with Crippen LogP contribution in [0.15, 0.2) is 60.8 Å². The Hall–Kier alpha value is -2.93. The Bertz CT molecular complexity index is 1060. The van der Waals surface area contributed by atoms with Crippen LogP contribution in [0.5, 0.6) is 0 Å². The summed E-state index contributed by atoms with van der Waals surface area (Å²) in [6.07, 6.45) is 54.3. The summed E-state index contributed by atoms with van der Waals surface area (Å²) in [5, 5.41) is 12.0. The highest BCUT2D eigenvalue weighted by atomic mass is 16.5. The van der Waals surface area contributed by atoms with Gasteiger partial charge in [-0.05, 0) is 103 Å². The number of hydrogen-bond acceptors (Lipinski definition) is 5. The van der Waals surface area contributed by atoms with Crippen LogP contribution in [0.2, 0.25) is 0 Å². The molecule has 0 aromatic rings. The molecule has 56 heavy (non-hydrogen) atoms. The van der Waals surface area contributed by atoms with E-state index >= 15 is 0 Å². The highest BCUT2D eigenvalue weighted by Crippen LogP contribution is 2.15. The second kappa shape index (κ2) is 43.2. The van der Waals surface area contributed by atoms with E-state index in [4.69, 9.17) is 10.5 Å². The van der Waals surface area contributed by atoms with E-state index in [0.717, 1.165) is 51.4 Å². The van der Waals surface area contributed by atoms with Gasteiger partial charge in [-0.15, -0.1) is 0 Å². The Morgan fingerprint density at radius 1 is 0.554 bits per heavy atom. The number of nitrogens with one attached hydrogen (secondary N) is 1. The van der Waals surface area contributed by atoms with E-state index in [9.17, 15) is 19.5 Å². The normalized spacial score (nSPS) is 13.2. The molecule has 0 radical (unpaired) electrons. The maximum atomic E-state index is 12.8. The number of esters is 1. The number of amides is 1. The Balaban J connectivity index is 4.31. The minimum absolute atomic E-state index is 0.138. The van der Waals surface area contributed by atoms with E-state index < -0.39 is 12.0 Å². The Morgan fingerprint density at radius 3 is 1.57 bits per heavy atom. The van der Waals surface area contributed by atoms with E-state index in [0.29, 0.717) is 38.6 Å². The fourth-order valence-corrected chi connectivity index (χ4v) is 6.59. The number of aliphatic carboxylic acids is 1. The second-order valence-electron chi connectivity index (χ2n) is 15.4. The van der Waals surface area contributed by atoms with Crippen molar-refractivity contribution >= 4 is 17.8 Å². The summed E-state index contributed by atoms with van der Waals surface area (Å²) in [7, 11) is 0. The fourth-order valence-electron chi connectivity index (χ4n) is 6.59. The lowest BCUT2D eigenvalue weighted by Gasteiger charge is -2.15. The number of carboxylic acids is 1. The summed E-state index contributed by atoms with van der Waals surface area (Å²) >= 11 is 0. The third-order valence-corrected chi connectivity index (χ3v) is 10.1. The summed E-state index contributed by atoms with van der Waals surface area (Å²) in [4.78, 5) is 36.5. The summed E-state index contributed by atoms with van der Waals surface area (Å²) in [5.41, 5.74) is 5.49. The highest BCUT2D eigenvalue weighted by Gasteiger charge is 2.19. The van der Waals surface area contributed by atoms with Crippen LogP contribution < -0.4 is 11.1 Å². The van der Waals surface area contributed by atoms with Gasteiger partial charge in [0.15, 0.2) is 0 Å². The van der Waals surface area contributed by atoms with Gasteiger partial charge in [0, 0.05) is 12.8 Å².